The molecule has 1 atom stereocenters. The van der Waals surface area contributed by atoms with Gasteiger partial charge in [-0.05, 0) is 25.5 Å². The Balaban J connectivity index is 2.06. The fraction of sp³-hybridized carbons (Fsp3) is 0.538. The van der Waals surface area contributed by atoms with Crippen LogP contribution in [0, 0.1) is 6.92 Å². The highest BCUT2D eigenvalue weighted by atomic mass is 32.2. The monoisotopic (exact) mass is 236 g/mol. The van der Waals surface area contributed by atoms with Crippen molar-refractivity contribution >= 4 is 17.4 Å². The van der Waals surface area contributed by atoms with E-state index in [0.29, 0.717) is 6.04 Å². The standard InChI is InChI=1S/C13H20N2S/c1-3-15(8-12-9-16-10-14-12)13-7-5-4-6-11(13)2/h4-7,12,14H,3,8-10H2,1-2H3. The molecule has 1 fully saturated rings. The average molecular weight is 236 g/mol. The second kappa shape index (κ2) is 5.60. The molecule has 2 nitrogen and oxygen atoms in total. The quantitative estimate of drug-likeness (QED) is 0.864. The molecular formula is C13H20N2S. The zero-order chi connectivity index (χ0) is 11.4. The van der Waals surface area contributed by atoms with Gasteiger partial charge >= 0.3 is 0 Å². The summed E-state index contributed by atoms with van der Waals surface area (Å²) in [4.78, 5) is 2.47. The molecule has 0 saturated carbocycles. The first kappa shape index (κ1) is 11.8. The summed E-state index contributed by atoms with van der Waals surface area (Å²) in [5.74, 6) is 2.35. The van der Waals surface area contributed by atoms with Crippen LogP contribution >= 0.6 is 11.8 Å². The number of aryl methyl sites for hydroxylation is 1. The fourth-order valence-corrected chi connectivity index (χ4v) is 3.12. The van der Waals surface area contributed by atoms with Crippen LogP contribution in [0.4, 0.5) is 5.69 Å². The van der Waals surface area contributed by atoms with Gasteiger partial charge in [0, 0.05) is 36.4 Å². The van der Waals surface area contributed by atoms with Crippen LogP contribution in [-0.4, -0.2) is 30.8 Å². The molecular weight excluding hydrogens is 216 g/mol. The molecule has 16 heavy (non-hydrogen) atoms. The van der Waals surface area contributed by atoms with E-state index in [4.69, 9.17) is 0 Å². The summed E-state index contributed by atoms with van der Waals surface area (Å²) in [6.45, 7) is 6.62. The molecule has 1 N–H and O–H groups in total. The number of benzene rings is 1. The minimum absolute atomic E-state index is 0.643. The molecule has 0 radical (unpaired) electrons. The molecule has 0 aromatic heterocycles. The Morgan fingerprint density at radius 2 is 2.25 bits per heavy atom. The van der Waals surface area contributed by atoms with Gasteiger partial charge in [0.15, 0.2) is 0 Å². The van der Waals surface area contributed by atoms with E-state index < -0.39 is 0 Å². The molecule has 1 aliphatic rings. The van der Waals surface area contributed by atoms with Crippen LogP contribution in [0.2, 0.25) is 0 Å². The van der Waals surface area contributed by atoms with Crippen molar-refractivity contribution in [1.82, 2.24) is 5.32 Å². The van der Waals surface area contributed by atoms with Gasteiger partial charge in [-0.3, -0.25) is 0 Å². The lowest BCUT2D eigenvalue weighted by Gasteiger charge is -2.27. The second-order valence-electron chi connectivity index (χ2n) is 4.24. The lowest BCUT2D eigenvalue weighted by molar-refractivity contribution is 0.609. The molecule has 1 saturated heterocycles. The first-order valence-electron chi connectivity index (χ1n) is 5.93. The summed E-state index contributed by atoms with van der Waals surface area (Å²) in [6, 6.07) is 9.29. The van der Waals surface area contributed by atoms with Crippen LogP contribution in [0.3, 0.4) is 0 Å². The lowest BCUT2D eigenvalue weighted by Crippen LogP contribution is -2.39. The van der Waals surface area contributed by atoms with Gasteiger partial charge in [0.2, 0.25) is 0 Å². The average Bonchev–Trinajstić information content (AvgIpc) is 2.80. The maximum atomic E-state index is 3.53. The van der Waals surface area contributed by atoms with Crippen molar-refractivity contribution in [1.29, 1.82) is 0 Å². The van der Waals surface area contributed by atoms with Crippen molar-refractivity contribution in [3.63, 3.8) is 0 Å². The van der Waals surface area contributed by atoms with Gasteiger partial charge in [-0.2, -0.15) is 0 Å². The second-order valence-corrected chi connectivity index (χ2v) is 5.27. The Bertz CT molecular complexity index is 334. The number of para-hydroxylation sites is 1. The predicted molar refractivity (Wildman–Crippen MR) is 73.3 cm³/mol. The highest BCUT2D eigenvalue weighted by Gasteiger charge is 2.18. The first-order chi connectivity index (χ1) is 7.81. The molecule has 0 bridgehead atoms. The number of nitrogens with one attached hydrogen (secondary N) is 1. The van der Waals surface area contributed by atoms with E-state index in [1.54, 1.807) is 0 Å². The highest BCUT2D eigenvalue weighted by Crippen LogP contribution is 2.20. The largest absolute Gasteiger partial charge is 0.370 e. The van der Waals surface area contributed by atoms with E-state index in [1.807, 2.05) is 11.8 Å². The number of likely N-dealkylation sites (N-methyl/N-ethyl adjacent to an activating group) is 1. The van der Waals surface area contributed by atoms with Crippen molar-refractivity contribution in [3.05, 3.63) is 29.8 Å². The zero-order valence-electron chi connectivity index (χ0n) is 10.1. The Kier molecular flexibility index (Phi) is 4.13. The van der Waals surface area contributed by atoms with Crippen molar-refractivity contribution in [2.45, 2.75) is 19.9 Å². The topological polar surface area (TPSA) is 15.3 Å². The normalized spacial score (nSPS) is 20.0. The van der Waals surface area contributed by atoms with Crippen LogP contribution in [-0.2, 0) is 0 Å². The van der Waals surface area contributed by atoms with Gasteiger partial charge in [0.1, 0.15) is 0 Å². The van der Waals surface area contributed by atoms with Gasteiger partial charge < -0.3 is 10.2 Å². The third kappa shape index (κ3) is 2.71. The summed E-state index contributed by atoms with van der Waals surface area (Å²) >= 11 is 2.00. The molecule has 3 heteroatoms. The Morgan fingerprint density at radius 3 is 2.88 bits per heavy atom. The summed E-state index contributed by atoms with van der Waals surface area (Å²) in [5.41, 5.74) is 2.75. The van der Waals surface area contributed by atoms with Crippen LogP contribution in [0.15, 0.2) is 24.3 Å². The number of nitrogens with zero attached hydrogens (tertiary/aromatic N) is 1. The van der Waals surface area contributed by atoms with E-state index in [1.165, 1.54) is 17.0 Å². The number of hydrogen-bond donors (Lipinski definition) is 1. The Hall–Kier alpha value is -0.670. The number of hydrogen-bond acceptors (Lipinski definition) is 3. The molecule has 0 aliphatic carbocycles. The summed E-state index contributed by atoms with van der Waals surface area (Å²) in [6.07, 6.45) is 0. The molecule has 1 aliphatic heterocycles. The number of anilines is 1. The summed E-state index contributed by atoms with van der Waals surface area (Å²) in [5, 5.41) is 3.53. The van der Waals surface area contributed by atoms with Crippen molar-refractivity contribution in [2.24, 2.45) is 0 Å². The van der Waals surface area contributed by atoms with Crippen molar-refractivity contribution < 1.29 is 0 Å². The van der Waals surface area contributed by atoms with Crippen LogP contribution in [0.5, 0.6) is 0 Å². The fourth-order valence-electron chi connectivity index (χ4n) is 2.14. The molecule has 1 unspecified atom stereocenters. The van der Waals surface area contributed by atoms with E-state index in [9.17, 15) is 0 Å². The number of rotatable bonds is 4. The molecule has 1 heterocycles. The minimum atomic E-state index is 0.643. The molecule has 1 aromatic rings. The molecule has 0 spiro atoms. The maximum Gasteiger partial charge on any atom is 0.0421 e. The highest BCUT2D eigenvalue weighted by molar-refractivity contribution is 7.99. The third-order valence-corrected chi connectivity index (χ3v) is 4.08. The minimum Gasteiger partial charge on any atom is -0.370 e. The number of thioether (sulfide) groups is 1. The smallest absolute Gasteiger partial charge is 0.0421 e. The predicted octanol–water partition coefficient (Wildman–Crippen LogP) is 2.48. The van der Waals surface area contributed by atoms with E-state index in [0.717, 1.165) is 19.0 Å². The molecule has 1 aromatic carbocycles. The first-order valence-corrected chi connectivity index (χ1v) is 7.08. The van der Waals surface area contributed by atoms with Gasteiger partial charge in [-0.15, -0.1) is 11.8 Å². The van der Waals surface area contributed by atoms with Crippen LogP contribution in [0.25, 0.3) is 0 Å². The van der Waals surface area contributed by atoms with Gasteiger partial charge in [0.25, 0.3) is 0 Å². The van der Waals surface area contributed by atoms with E-state index in [2.05, 4.69) is 48.3 Å². The lowest BCUT2D eigenvalue weighted by atomic mass is 10.1. The zero-order valence-corrected chi connectivity index (χ0v) is 10.9. The summed E-state index contributed by atoms with van der Waals surface area (Å²) in [7, 11) is 0. The SMILES string of the molecule is CCN(CC1CSCN1)c1ccccc1C. The summed E-state index contributed by atoms with van der Waals surface area (Å²) < 4.78 is 0. The molecule has 88 valence electrons. The van der Waals surface area contributed by atoms with Crippen LogP contribution in [0.1, 0.15) is 12.5 Å². The van der Waals surface area contributed by atoms with Crippen LogP contribution < -0.4 is 10.2 Å². The van der Waals surface area contributed by atoms with Gasteiger partial charge in [-0.25, -0.2) is 0 Å². The van der Waals surface area contributed by atoms with E-state index >= 15 is 0 Å². The molecule has 2 rings (SSSR count). The maximum absolute atomic E-state index is 3.53. The Labute approximate surface area is 102 Å². The van der Waals surface area contributed by atoms with Gasteiger partial charge in [-0.1, -0.05) is 18.2 Å². The van der Waals surface area contributed by atoms with Gasteiger partial charge in [0.05, 0.1) is 0 Å². The Morgan fingerprint density at radius 1 is 1.44 bits per heavy atom. The third-order valence-electron chi connectivity index (χ3n) is 3.07. The molecule has 0 amide bonds. The van der Waals surface area contributed by atoms with Crippen molar-refractivity contribution in [2.75, 3.05) is 29.6 Å². The van der Waals surface area contributed by atoms with E-state index in [-0.39, 0.29) is 0 Å². The van der Waals surface area contributed by atoms with Crippen molar-refractivity contribution in [3.8, 4) is 0 Å².